The van der Waals surface area contributed by atoms with Crippen LogP contribution in [0.15, 0.2) is 66.0 Å². The monoisotopic (exact) mass is 390 g/mol. The van der Waals surface area contributed by atoms with Gasteiger partial charge in [0, 0.05) is 11.4 Å². The van der Waals surface area contributed by atoms with Gasteiger partial charge in [-0.3, -0.25) is 9.59 Å². The Morgan fingerprint density at radius 1 is 1.07 bits per heavy atom. The Labute approximate surface area is 169 Å². The number of allylic oxidation sites excluding steroid dienone is 2. The third-order valence-electron chi connectivity index (χ3n) is 3.92. The summed E-state index contributed by atoms with van der Waals surface area (Å²) in [6, 6.07) is 17.9. The van der Waals surface area contributed by atoms with Gasteiger partial charge in [-0.25, -0.2) is 0 Å². The van der Waals surface area contributed by atoms with Crippen molar-refractivity contribution in [3.05, 3.63) is 77.1 Å². The second-order valence-corrected chi connectivity index (χ2v) is 6.31. The molecule has 0 unspecified atom stereocenters. The van der Waals surface area contributed by atoms with Crippen molar-refractivity contribution in [3.63, 3.8) is 0 Å². The van der Waals surface area contributed by atoms with Gasteiger partial charge < -0.3 is 20.8 Å². The fourth-order valence-electron chi connectivity index (χ4n) is 2.51. The molecule has 0 aliphatic carbocycles. The van der Waals surface area contributed by atoms with Gasteiger partial charge in [-0.2, -0.15) is 5.26 Å². The van der Waals surface area contributed by atoms with Gasteiger partial charge in [-0.05, 0) is 43.7 Å². The Kier molecular flexibility index (Phi) is 7.68. The van der Waals surface area contributed by atoms with Gasteiger partial charge in [-0.1, -0.05) is 30.3 Å². The minimum absolute atomic E-state index is 0.000126. The summed E-state index contributed by atoms with van der Waals surface area (Å²) in [6.45, 7) is 2.85. The van der Waals surface area contributed by atoms with E-state index in [2.05, 4.69) is 10.6 Å². The lowest BCUT2D eigenvalue weighted by Crippen LogP contribution is -2.32. The fraction of sp³-hybridized carbons (Fsp3) is 0.182. The van der Waals surface area contributed by atoms with E-state index >= 15 is 0 Å². The highest BCUT2D eigenvalue weighted by Crippen LogP contribution is 2.11. The van der Waals surface area contributed by atoms with E-state index in [0.29, 0.717) is 22.5 Å². The first kappa shape index (κ1) is 21.4. The van der Waals surface area contributed by atoms with Crippen LogP contribution in [0.25, 0.3) is 0 Å². The second kappa shape index (κ2) is 10.4. The Morgan fingerprint density at radius 3 is 2.31 bits per heavy atom. The number of carbonyl (C=O) groups excluding carboxylic acids is 2. The van der Waals surface area contributed by atoms with Gasteiger partial charge in [0.15, 0.2) is 6.61 Å². The van der Waals surface area contributed by atoms with E-state index in [4.69, 9.17) is 15.4 Å². The highest BCUT2D eigenvalue weighted by molar-refractivity contribution is 6.00. The van der Waals surface area contributed by atoms with Crippen molar-refractivity contribution in [2.24, 2.45) is 0 Å². The maximum atomic E-state index is 12.2. The number of para-hydroxylation sites is 1. The molecule has 7 heteroatoms. The number of rotatable bonds is 8. The van der Waals surface area contributed by atoms with Crippen molar-refractivity contribution in [2.75, 3.05) is 11.9 Å². The third kappa shape index (κ3) is 6.96. The van der Waals surface area contributed by atoms with E-state index < -0.39 is 18.5 Å². The highest BCUT2D eigenvalue weighted by Gasteiger charge is 2.13. The molecule has 3 N–H and O–H groups in total. The first-order valence-electron chi connectivity index (χ1n) is 8.92. The quantitative estimate of drug-likeness (QED) is 0.473. The first-order valence-corrected chi connectivity index (χ1v) is 8.92. The minimum Gasteiger partial charge on any atom is -0.455 e. The fourth-order valence-corrected chi connectivity index (χ4v) is 2.51. The average Bonchev–Trinajstić information content (AvgIpc) is 2.71. The molecular formula is C22H22N4O3. The van der Waals surface area contributed by atoms with Crippen LogP contribution in [0.5, 0.6) is 0 Å². The van der Waals surface area contributed by atoms with Gasteiger partial charge in [0.25, 0.3) is 5.91 Å². The lowest BCUT2D eigenvalue weighted by Gasteiger charge is -2.15. The summed E-state index contributed by atoms with van der Waals surface area (Å²) in [7, 11) is 0. The van der Waals surface area contributed by atoms with Crippen LogP contribution in [0.3, 0.4) is 0 Å². The molecule has 2 rings (SSSR count). The van der Waals surface area contributed by atoms with Crippen LogP contribution in [-0.2, 0) is 20.7 Å². The van der Waals surface area contributed by atoms with Crippen molar-refractivity contribution >= 4 is 23.3 Å². The molecule has 2 aromatic rings. The van der Waals surface area contributed by atoms with E-state index in [1.807, 2.05) is 36.4 Å². The van der Waals surface area contributed by atoms with Gasteiger partial charge in [-0.15, -0.1) is 0 Å². The van der Waals surface area contributed by atoms with Gasteiger partial charge in [0.1, 0.15) is 0 Å². The Bertz CT molecular complexity index is 958. The van der Waals surface area contributed by atoms with E-state index in [0.717, 1.165) is 5.69 Å². The highest BCUT2D eigenvalue weighted by atomic mass is 16.5. The zero-order valence-electron chi connectivity index (χ0n) is 16.3. The summed E-state index contributed by atoms with van der Waals surface area (Å²) in [4.78, 5) is 24.1. The molecule has 0 fully saturated rings. The molecule has 7 nitrogen and oxygen atoms in total. The summed E-state index contributed by atoms with van der Waals surface area (Å²) >= 11 is 0. The van der Waals surface area contributed by atoms with Crippen LogP contribution in [0.4, 0.5) is 5.69 Å². The molecule has 1 amide bonds. The summed E-state index contributed by atoms with van der Waals surface area (Å²) in [5.41, 5.74) is 3.11. The van der Waals surface area contributed by atoms with Gasteiger partial charge >= 0.3 is 5.97 Å². The van der Waals surface area contributed by atoms with Gasteiger partial charge in [0.2, 0.25) is 0 Å². The van der Waals surface area contributed by atoms with E-state index in [9.17, 15) is 9.59 Å². The molecule has 0 saturated carbocycles. The lowest BCUT2D eigenvalue weighted by atomic mass is 10.1. The van der Waals surface area contributed by atoms with Crippen molar-refractivity contribution in [3.8, 4) is 6.07 Å². The number of ether oxygens (including phenoxy) is 1. The van der Waals surface area contributed by atoms with Crippen molar-refractivity contribution in [1.29, 1.82) is 10.7 Å². The van der Waals surface area contributed by atoms with E-state index in [1.54, 1.807) is 38.1 Å². The normalized spacial score (nSPS) is 10.9. The van der Waals surface area contributed by atoms with Gasteiger partial charge in [0.05, 0.1) is 29.5 Å². The van der Waals surface area contributed by atoms with Crippen molar-refractivity contribution in [1.82, 2.24) is 5.32 Å². The Balaban J connectivity index is 1.91. The van der Waals surface area contributed by atoms with Crippen LogP contribution in [-0.4, -0.2) is 24.2 Å². The number of anilines is 1. The van der Waals surface area contributed by atoms with Crippen LogP contribution >= 0.6 is 0 Å². The molecular weight excluding hydrogens is 368 g/mol. The zero-order valence-corrected chi connectivity index (χ0v) is 16.3. The molecule has 29 heavy (non-hydrogen) atoms. The SMILES string of the molecule is CC(=N)/C(NC(=O)COC(=O)Cc1ccc(C#N)cc1)=C(/C)Nc1ccccc1. The molecule has 0 saturated heterocycles. The lowest BCUT2D eigenvalue weighted by molar-refractivity contribution is -0.147. The number of esters is 1. The first-order chi connectivity index (χ1) is 13.9. The maximum absolute atomic E-state index is 12.2. The molecule has 0 aliphatic rings. The third-order valence-corrected chi connectivity index (χ3v) is 3.92. The number of amides is 1. The Morgan fingerprint density at radius 2 is 1.72 bits per heavy atom. The topological polar surface area (TPSA) is 115 Å². The number of nitriles is 1. The predicted molar refractivity (Wildman–Crippen MR) is 110 cm³/mol. The predicted octanol–water partition coefficient (Wildman–Crippen LogP) is 3.14. The number of carbonyl (C=O) groups is 2. The number of hydrogen-bond donors (Lipinski definition) is 3. The number of nitrogens with zero attached hydrogens (tertiary/aromatic N) is 1. The molecule has 148 valence electrons. The molecule has 0 spiro atoms. The summed E-state index contributed by atoms with van der Waals surface area (Å²) < 4.78 is 5.01. The number of hydrogen-bond acceptors (Lipinski definition) is 6. The standard InChI is InChI=1S/C22H22N4O3/c1-15(24)22(16(2)25-19-6-4-3-5-7-19)26-20(27)14-29-21(28)12-17-8-10-18(13-23)11-9-17/h3-11,24-25H,12,14H2,1-2H3,(H,26,27)/b22-16+,24-15?. The van der Waals surface area contributed by atoms with E-state index in [1.165, 1.54) is 0 Å². The summed E-state index contributed by atoms with van der Waals surface area (Å²) in [5, 5.41) is 22.4. The smallest absolute Gasteiger partial charge is 0.310 e. The molecule has 0 atom stereocenters. The van der Waals surface area contributed by atoms with Crippen LogP contribution in [0.2, 0.25) is 0 Å². The van der Waals surface area contributed by atoms with Crippen molar-refractivity contribution < 1.29 is 14.3 Å². The Hall–Kier alpha value is -3.92. The number of nitrogens with one attached hydrogen (secondary N) is 3. The summed E-state index contributed by atoms with van der Waals surface area (Å²) in [6.07, 6.45) is -0.000126. The molecule has 0 aromatic heterocycles. The van der Waals surface area contributed by atoms with Crippen LogP contribution < -0.4 is 10.6 Å². The summed E-state index contributed by atoms with van der Waals surface area (Å²) in [5.74, 6) is -1.09. The molecule has 2 aromatic carbocycles. The largest absolute Gasteiger partial charge is 0.455 e. The van der Waals surface area contributed by atoms with E-state index in [-0.39, 0.29) is 12.1 Å². The zero-order chi connectivity index (χ0) is 21.2. The molecule has 0 heterocycles. The number of benzene rings is 2. The molecule has 0 bridgehead atoms. The van der Waals surface area contributed by atoms with Crippen LogP contribution in [0, 0.1) is 16.7 Å². The average molecular weight is 390 g/mol. The van der Waals surface area contributed by atoms with Crippen molar-refractivity contribution in [2.45, 2.75) is 20.3 Å². The molecule has 0 aliphatic heterocycles. The second-order valence-electron chi connectivity index (χ2n) is 6.31. The minimum atomic E-state index is -0.555. The van der Waals surface area contributed by atoms with Crippen LogP contribution in [0.1, 0.15) is 25.0 Å². The molecule has 0 radical (unpaired) electrons. The maximum Gasteiger partial charge on any atom is 0.310 e.